The molecule has 0 aliphatic carbocycles. The molecule has 2 rings (SSSR count). The quantitative estimate of drug-likeness (QED) is 0.474. The van der Waals surface area contributed by atoms with Gasteiger partial charge in [0.15, 0.2) is 0 Å². The summed E-state index contributed by atoms with van der Waals surface area (Å²) in [6.45, 7) is 0. The molecule has 0 spiro atoms. The minimum absolute atomic E-state index is 0.247. The lowest BCUT2D eigenvalue weighted by Crippen LogP contribution is -2.11. The summed E-state index contributed by atoms with van der Waals surface area (Å²) in [6.07, 6.45) is 1.79. The van der Waals surface area contributed by atoms with Crippen molar-refractivity contribution in [3.63, 3.8) is 0 Å². The first kappa shape index (κ1) is 20.4. The summed E-state index contributed by atoms with van der Waals surface area (Å²) >= 11 is 0. The molecule has 0 atom stereocenters. The van der Waals surface area contributed by atoms with Gasteiger partial charge < -0.3 is 18.8 Å². The molecule has 0 aliphatic rings. The van der Waals surface area contributed by atoms with E-state index in [0.717, 1.165) is 11.1 Å². The van der Waals surface area contributed by atoms with E-state index in [9.17, 15) is 9.59 Å². The average Bonchev–Trinajstić information content (AvgIpc) is 2.70. The van der Waals surface area contributed by atoms with Crippen LogP contribution in [0, 0.1) is 0 Å². The number of carbonyl (C=O) groups excluding carboxylic acids is 2. The molecule has 27 heavy (non-hydrogen) atoms. The molecule has 2 aromatic rings. The maximum atomic E-state index is 11.2. The first-order valence-corrected chi connectivity index (χ1v) is 8.57. The Hall–Kier alpha value is -2.96. The molecular weight excluding hydrogens is 347 g/mol. The lowest BCUT2D eigenvalue weighted by atomic mass is 10.1. The predicted octanol–water partition coefficient (Wildman–Crippen LogP) is 2.89. The highest BCUT2D eigenvalue weighted by molar-refractivity contribution is 6.20. The maximum Gasteiger partial charge on any atom is 0.658 e. The second-order valence-electron chi connectivity index (χ2n) is 5.78. The number of hydrogen-bond acceptors (Lipinski definition) is 6. The number of carbonyl (C=O) groups is 2. The summed E-state index contributed by atoms with van der Waals surface area (Å²) < 4.78 is 20.3. The van der Waals surface area contributed by atoms with Gasteiger partial charge in [-0.3, -0.25) is 9.59 Å². The van der Waals surface area contributed by atoms with Crippen LogP contribution in [-0.4, -0.2) is 33.8 Å². The Balaban J connectivity index is 1.82. The van der Waals surface area contributed by atoms with Crippen LogP contribution >= 0.6 is 0 Å². The Kier molecular flexibility index (Phi) is 8.22. The Morgan fingerprint density at radius 2 is 1.22 bits per heavy atom. The van der Waals surface area contributed by atoms with Gasteiger partial charge >= 0.3 is 19.6 Å². The molecule has 0 saturated heterocycles. The Morgan fingerprint density at radius 1 is 0.778 bits per heavy atom. The van der Waals surface area contributed by atoms with Crippen molar-refractivity contribution in [3.8, 4) is 11.5 Å². The molecule has 2 aromatic carbocycles. The van der Waals surface area contributed by atoms with Crippen molar-refractivity contribution in [2.24, 2.45) is 0 Å². The lowest BCUT2D eigenvalue weighted by Gasteiger charge is -2.09. The second kappa shape index (κ2) is 10.9. The van der Waals surface area contributed by atoms with E-state index in [0.29, 0.717) is 37.2 Å². The summed E-state index contributed by atoms with van der Waals surface area (Å²) in [6, 6.07) is 14.8. The van der Waals surface area contributed by atoms with Crippen LogP contribution in [0.25, 0.3) is 0 Å². The van der Waals surface area contributed by atoms with E-state index in [2.05, 4.69) is 9.47 Å². The lowest BCUT2D eigenvalue weighted by molar-refractivity contribution is -0.141. The zero-order chi connectivity index (χ0) is 19.5. The standard InChI is InChI=1S/C20H22BO6/c1-24-19(22)11-9-15-5-3-7-17(13-15)26-21-27-18-8-4-6-16(14-18)10-12-20(23)25-2/h3-8,13-14H,9-12H2,1-2H3. The number of ether oxygens (including phenoxy) is 2. The van der Waals surface area contributed by atoms with Crippen molar-refractivity contribution in [1.29, 1.82) is 0 Å². The van der Waals surface area contributed by atoms with Crippen molar-refractivity contribution in [3.05, 3.63) is 59.7 Å². The Morgan fingerprint density at radius 3 is 1.63 bits per heavy atom. The summed E-state index contributed by atoms with van der Waals surface area (Å²) in [5, 5.41) is 0. The molecule has 0 amide bonds. The van der Waals surface area contributed by atoms with Gasteiger partial charge in [-0.1, -0.05) is 24.3 Å². The average molecular weight is 369 g/mol. The van der Waals surface area contributed by atoms with Crippen LogP contribution in [0.3, 0.4) is 0 Å². The molecule has 7 heteroatoms. The number of aryl methyl sites for hydroxylation is 2. The van der Waals surface area contributed by atoms with E-state index in [1.165, 1.54) is 21.9 Å². The fraction of sp³-hybridized carbons (Fsp3) is 0.300. The Bertz CT molecular complexity index is 698. The smallest absolute Gasteiger partial charge is 0.526 e. The van der Waals surface area contributed by atoms with E-state index < -0.39 is 0 Å². The zero-order valence-corrected chi connectivity index (χ0v) is 15.5. The van der Waals surface area contributed by atoms with E-state index in [4.69, 9.17) is 9.31 Å². The van der Waals surface area contributed by atoms with Crippen LogP contribution in [0.1, 0.15) is 24.0 Å². The summed E-state index contributed by atoms with van der Waals surface area (Å²) in [4.78, 5) is 22.4. The maximum absolute atomic E-state index is 11.2. The van der Waals surface area contributed by atoms with Crippen LogP contribution in [0.15, 0.2) is 48.5 Å². The molecule has 0 saturated carbocycles. The largest absolute Gasteiger partial charge is 0.658 e. The van der Waals surface area contributed by atoms with Gasteiger partial charge in [0, 0.05) is 12.8 Å². The van der Waals surface area contributed by atoms with Gasteiger partial charge in [0.05, 0.1) is 14.2 Å². The van der Waals surface area contributed by atoms with Crippen molar-refractivity contribution in [1.82, 2.24) is 0 Å². The van der Waals surface area contributed by atoms with Crippen LogP contribution < -0.4 is 9.31 Å². The molecule has 6 nitrogen and oxygen atoms in total. The van der Waals surface area contributed by atoms with Crippen LogP contribution in [0.5, 0.6) is 11.5 Å². The number of hydrogen-bond donors (Lipinski definition) is 0. The van der Waals surface area contributed by atoms with E-state index in [-0.39, 0.29) is 11.9 Å². The van der Waals surface area contributed by atoms with Gasteiger partial charge in [-0.2, -0.15) is 0 Å². The topological polar surface area (TPSA) is 71.1 Å². The summed E-state index contributed by atoms with van der Waals surface area (Å²) in [5.41, 5.74) is 1.94. The summed E-state index contributed by atoms with van der Waals surface area (Å²) in [7, 11) is 4.00. The third-order valence-corrected chi connectivity index (χ3v) is 3.86. The van der Waals surface area contributed by atoms with Gasteiger partial charge in [-0.05, 0) is 48.2 Å². The second-order valence-corrected chi connectivity index (χ2v) is 5.78. The van der Waals surface area contributed by atoms with Crippen molar-refractivity contribution in [2.75, 3.05) is 14.2 Å². The highest BCUT2D eigenvalue weighted by Gasteiger charge is 2.06. The fourth-order valence-corrected chi connectivity index (χ4v) is 2.38. The minimum atomic E-state index is -0.247. The van der Waals surface area contributed by atoms with Crippen LogP contribution in [-0.2, 0) is 31.9 Å². The van der Waals surface area contributed by atoms with Crippen molar-refractivity contribution in [2.45, 2.75) is 25.7 Å². The number of rotatable bonds is 10. The van der Waals surface area contributed by atoms with Gasteiger partial charge in [-0.25, -0.2) is 0 Å². The van der Waals surface area contributed by atoms with E-state index >= 15 is 0 Å². The first-order chi connectivity index (χ1) is 13.1. The molecule has 0 unspecified atom stereocenters. The summed E-state index contributed by atoms with van der Waals surface area (Å²) in [5.74, 6) is 0.727. The number of benzene rings is 2. The zero-order valence-electron chi connectivity index (χ0n) is 15.5. The molecule has 0 N–H and O–H groups in total. The van der Waals surface area contributed by atoms with Crippen LogP contribution in [0.4, 0.5) is 0 Å². The number of esters is 2. The Labute approximate surface area is 159 Å². The van der Waals surface area contributed by atoms with Gasteiger partial charge in [0.25, 0.3) is 0 Å². The minimum Gasteiger partial charge on any atom is -0.526 e. The molecule has 1 radical (unpaired) electrons. The molecular formula is C20H22BO6. The van der Waals surface area contributed by atoms with Crippen molar-refractivity contribution < 1.29 is 28.4 Å². The highest BCUT2D eigenvalue weighted by atomic mass is 16.6. The monoisotopic (exact) mass is 369 g/mol. The van der Waals surface area contributed by atoms with Crippen LogP contribution in [0.2, 0.25) is 0 Å². The molecule has 0 bridgehead atoms. The molecule has 0 fully saturated rings. The van der Waals surface area contributed by atoms with Gasteiger partial charge in [0.1, 0.15) is 11.5 Å². The molecule has 0 aromatic heterocycles. The molecule has 0 heterocycles. The van der Waals surface area contributed by atoms with Gasteiger partial charge in [0.2, 0.25) is 0 Å². The molecule has 0 aliphatic heterocycles. The molecule has 141 valence electrons. The SMILES string of the molecule is COC(=O)CCc1cccc(O[B]Oc2cccc(CCC(=O)OC)c2)c1. The fourth-order valence-electron chi connectivity index (χ4n) is 2.38. The predicted molar refractivity (Wildman–Crippen MR) is 101 cm³/mol. The normalized spacial score (nSPS) is 10.0. The number of methoxy groups -OCH3 is 2. The highest BCUT2D eigenvalue weighted by Crippen LogP contribution is 2.17. The van der Waals surface area contributed by atoms with E-state index in [1.807, 2.05) is 36.4 Å². The third kappa shape index (κ3) is 7.44. The van der Waals surface area contributed by atoms with Gasteiger partial charge in [-0.15, -0.1) is 0 Å². The van der Waals surface area contributed by atoms with Crippen molar-refractivity contribution >= 4 is 19.6 Å². The van der Waals surface area contributed by atoms with E-state index in [1.54, 1.807) is 12.1 Å². The first-order valence-electron chi connectivity index (χ1n) is 8.57. The third-order valence-electron chi connectivity index (χ3n) is 3.86.